The van der Waals surface area contributed by atoms with Crippen LogP contribution in [-0.2, 0) is 0 Å². The Labute approximate surface area is 107 Å². The molecule has 1 fully saturated rings. The molecule has 0 spiro atoms. The van der Waals surface area contributed by atoms with E-state index in [4.69, 9.17) is 0 Å². The van der Waals surface area contributed by atoms with Gasteiger partial charge in [-0.05, 0) is 25.0 Å². The summed E-state index contributed by atoms with van der Waals surface area (Å²) >= 11 is 0. The van der Waals surface area contributed by atoms with Gasteiger partial charge >= 0.3 is 0 Å². The van der Waals surface area contributed by atoms with Crippen molar-refractivity contribution in [2.75, 3.05) is 18.0 Å². The number of rotatable bonds is 2. The van der Waals surface area contributed by atoms with E-state index in [2.05, 4.69) is 15.3 Å². The molecule has 0 aliphatic carbocycles. The second-order valence-electron chi connectivity index (χ2n) is 4.56. The first kappa shape index (κ1) is 12.2. The summed E-state index contributed by atoms with van der Waals surface area (Å²) in [5.41, 5.74) is 0.289. The van der Waals surface area contributed by atoms with Crippen molar-refractivity contribution in [3.63, 3.8) is 0 Å². The van der Waals surface area contributed by atoms with Crippen LogP contribution in [0.5, 0.6) is 0 Å². The molecule has 2 aromatic rings. The Bertz CT molecular complexity index is 587. The van der Waals surface area contributed by atoms with Crippen molar-refractivity contribution in [3.05, 3.63) is 18.0 Å². The minimum Gasteiger partial charge on any atom is -0.391 e. The van der Waals surface area contributed by atoms with E-state index < -0.39 is 18.4 Å². The van der Waals surface area contributed by atoms with Crippen molar-refractivity contribution in [1.82, 2.24) is 19.8 Å². The van der Waals surface area contributed by atoms with Gasteiger partial charge in [0.1, 0.15) is 5.82 Å². The maximum atomic E-state index is 12.7. The predicted octanol–water partition coefficient (Wildman–Crippen LogP) is 1.02. The molecule has 3 rings (SSSR count). The van der Waals surface area contributed by atoms with E-state index in [-0.39, 0.29) is 5.65 Å². The number of fused-ring (bicyclic) bond motifs is 1. The van der Waals surface area contributed by atoms with Gasteiger partial charge in [-0.1, -0.05) is 0 Å². The maximum Gasteiger partial charge on any atom is 0.299 e. The normalized spacial score (nSPS) is 20.4. The number of nitrogens with zero attached hydrogens (tertiary/aromatic N) is 5. The zero-order chi connectivity index (χ0) is 13.4. The molecule has 1 aliphatic heterocycles. The number of aliphatic hydroxyl groups is 1. The third kappa shape index (κ3) is 2.23. The summed E-state index contributed by atoms with van der Waals surface area (Å²) in [6, 6.07) is 3.31. The van der Waals surface area contributed by atoms with Crippen molar-refractivity contribution in [3.8, 4) is 0 Å². The number of hydrogen-bond acceptors (Lipinski definition) is 5. The Morgan fingerprint density at radius 3 is 2.89 bits per heavy atom. The topological polar surface area (TPSA) is 66.5 Å². The van der Waals surface area contributed by atoms with E-state index >= 15 is 0 Å². The van der Waals surface area contributed by atoms with Gasteiger partial charge in [0.25, 0.3) is 6.43 Å². The van der Waals surface area contributed by atoms with Crippen LogP contribution < -0.4 is 4.90 Å². The van der Waals surface area contributed by atoms with E-state index in [0.29, 0.717) is 12.4 Å². The van der Waals surface area contributed by atoms with Crippen molar-refractivity contribution in [2.45, 2.75) is 25.4 Å². The van der Waals surface area contributed by atoms with Crippen molar-refractivity contribution in [2.24, 2.45) is 0 Å². The molecule has 2 aromatic heterocycles. The zero-order valence-corrected chi connectivity index (χ0v) is 10.1. The highest BCUT2D eigenvalue weighted by molar-refractivity contribution is 5.46. The van der Waals surface area contributed by atoms with Crippen LogP contribution >= 0.6 is 0 Å². The number of β-amino-alcohol motifs (C(OH)–C–C–N with tert-alkyl or cyclic N) is 1. The lowest BCUT2D eigenvalue weighted by molar-refractivity contribution is 0.137. The first-order valence-electron chi connectivity index (χ1n) is 6.08. The third-order valence-electron chi connectivity index (χ3n) is 3.19. The molecule has 1 saturated heterocycles. The summed E-state index contributed by atoms with van der Waals surface area (Å²) < 4.78 is 26.6. The van der Waals surface area contributed by atoms with Gasteiger partial charge in [-0.25, -0.2) is 8.78 Å². The smallest absolute Gasteiger partial charge is 0.299 e. The van der Waals surface area contributed by atoms with Crippen LogP contribution in [0.2, 0.25) is 0 Å². The fraction of sp³-hybridized carbons (Fsp3) is 0.545. The number of halogens is 2. The van der Waals surface area contributed by atoms with Crippen LogP contribution in [0, 0.1) is 0 Å². The predicted molar refractivity (Wildman–Crippen MR) is 63.2 cm³/mol. The number of aromatic nitrogens is 4. The minimum atomic E-state index is -2.72. The van der Waals surface area contributed by atoms with Gasteiger partial charge in [-0.15, -0.1) is 15.3 Å². The van der Waals surface area contributed by atoms with Gasteiger partial charge in [-0.2, -0.15) is 4.52 Å². The van der Waals surface area contributed by atoms with Gasteiger partial charge in [-0.3, -0.25) is 0 Å². The van der Waals surface area contributed by atoms with Crippen LogP contribution in [0.3, 0.4) is 0 Å². The van der Waals surface area contributed by atoms with Crippen LogP contribution in [0.1, 0.15) is 25.1 Å². The monoisotopic (exact) mass is 269 g/mol. The highest BCUT2D eigenvalue weighted by Gasteiger charge is 2.21. The molecule has 0 amide bonds. The summed E-state index contributed by atoms with van der Waals surface area (Å²) in [6.07, 6.45) is -1.51. The Morgan fingerprint density at radius 2 is 2.16 bits per heavy atom. The Morgan fingerprint density at radius 1 is 1.32 bits per heavy atom. The number of hydrogen-bond donors (Lipinski definition) is 1. The van der Waals surface area contributed by atoms with Gasteiger partial charge in [0, 0.05) is 13.1 Å². The first-order valence-corrected chi connectivity index (χ1v) is 6.08. The van der Waals surface area contributed by atoms with Crippen molar-refractivity contribution < 1.29 is 13.9 Å². The second-order valence-corrected chi connectivity index (χ2v) is 4.56. The molecule has 0 aromatic carbocycles. The highest BCUT2D eigenvalue weighted by Crippen LogP contribution is 2.21. The highest BCUT2D eigenvalue weighted by atomic mass is 19.3. The standard InChI is InChI=1S/C11H13F2N5O/c12-10(13)11-15-14-8-3-4-9(16-18(8)11)17-5-1-2-7(19)6-17/h3-4,7,10,19H,1-2,5-6H2. The molecule has 102 valence electrons. The quantitative estimate of drug-likeness (QED) is 0.881. The number of aliphatic hydroxyl groups excluding tert-OH is 1. The first-order chi connectivity index (χ1) is 9.15. The lowest BCUT2D eigenvalue weighted by atomic mass is 10.1. The summed E-state index contributed by atoms with van der Waals surface area (Å²) in [7, 11) is 0. The molecule has 1 atom stereocenters. The summed E-state index contributed by atoms with van der Waals surface area (Å²) in [4.78, 5) is 1.88. The van der Waals surface area contributed by atoms with E-state index in [9.17, 15) is 13.9 Å². The average Bonchev–Trinajstić information content (AvgIpc) is 2.81. The molecule has 8 heteroatoms. The molecule has 19 heavy (non-hydrogen) atoms. The van der Waals surface area contributed by atoms with E-state index in [1.807, 2.05) is 4.90 Å². The second kappa shape index (κ2) is 4.69. The number of anilines is 1. The summed E-state index contributed by atoms with van der Waals surface area (Å²) in [5, 5.41) is 20.8. The molecule has 3 heterocycles. The van der Waals surface area contributed by atoms with Crippen molar-refractivity contribution >= 4 is 11.5 Å². The summed E-state index contributed by atoms with van der Waals surface area (Å²) in [5.74, 6) is 0.0855. The molecule has 0 saturated carbocycles. The Hall–Kier alpha value is -1.83. The third-order valence-corrected chi connectivity index (χ3v) is 3.19. The average molecular weight is 269 g/mol. The van der Waals surface area contributed by atoms with Crippen LogP contribution in [-0.4, -0.2) is 44.1 Å². The molecular weight excluding hydrogens is 256 g/mol. The largest absolute Gasteiger partial charge is 0.391 e. The lowest BCUT2D eigenvalue weighted by Crippen LogP contribution is -2.38. The molecule has 6 nitrogen and oxygen atoms in total. The SMILES string of the molecule is OC1CCCN(c2ccc3nnc(C(F)F)n3n2)C1. The number of alkyl halides is 2. The van der Waals surface area contributed by atoms with E-state index in [0.717, 1.165) is 23.9 Å². The van der Waals surface area contributed by atoms with Gasteiger partial charge in [0.05, 0.1) is 6.10 Å². The van der Waals surface area contributed by atoms with Gasteiger partial charge in [0.2, 0.25) is 5.82 Å². The zero-order valence-electron chi connectivity index (χ0n) is 10.1. The molecule has 1 N–H and O–H groups in total. The lowest BCUT2D eigenvalue weighted by Gasteiger charge is -2.30. The van der Waals surface area contributed by atoms with Gasteiger partial charge in [0.15, 0.2) is 5.65 Å². The Balaban J connectivity index is 1.98. The maximum absolute atomic E-state index is 12.7. The minimum absolute atomic E-state index is 0.289. The fourth-order valence-corrected chi connectivity index (χ4v) is 2.26. The van der Waals surface area contributed by atoms with Crippen LogP contribution in [0.4, 0.5) is 14.6 Å². The number of piperidine rings is 1. The molecule has 0 bridgehead atoms. The molecular formula is C11H13F2N5O. The summed E-state index contributed by atoms with van der Waals surface area (Å²) in [6.45, 7) is 1.21. The van der Waals surface area contributed by atoms with E-state index in [1.165, 1.54) is 0 Å². The fourth-order valence-electron chi connectivity index (χ4n) is 2.26. The molecule has 0 radical (unpaired) electrons. The molecule has 1 aliphatic rings. The Kier molecular flexibility index (Phi) is 3.02. The molecule has 1 unspecified atom stereocenters. The van der Waals surface area contributed by atoms with Gasteiger partial charge < -0.3 is 10.0 Å². The van der Waals surface area contributed by atoms with Crippen LogP contribution in [0.25, 0.3) is 5.65 Å². The van der Waals surface area contributed by atoms with Crippen LogP contribution in [0.15, 0.2) is 12.1 Å². The van der Waals surface area contributed by atoms with Crippen molar-refractivity contribution in [1.29, 1.82) is 0 Å². The van der Waals surface area contributed by atoms with E-state index in [1.54, 1.807) is 12.1 Å².